The fraction of sp³-hybridized carbons (Fsp3) is 0.429. The molecule has 0 spiro atoms. The van der Waals surface area contributed by atoms with E-state index in [1.54, 1.807) is 6.20 Å². The molecule has 0 bridgehead atoms. The van der Waals surface area contributed by atoms with Gasteiger partial charge in [-0.3, -0.25) is 0 Å². The Labute approximate surface area is 58.7 Å². The molecule has 0 aliphatic heterocycles. The molecule has 0 fully saturated rings. The monoisotopic (exact) mass is 143 g/mol. The van der Waals surface area contributed by atoms with Crippen LogP contribution in [0.5, 0.6) is 0 Å². The lowest BCUT2D eigenvalue weighted by atomic mass is 10.2. The molecule has 1 aromatic rings. The number of rotatable bonds is 3. The summed E-state index contributed by atoms with van der Waals surface area (Å²) >= 11 is 0. The minimum Gasteiger partial charge on any atom is -0.396 e. The van der Waals surface area contributed by atoms with E-state index in [0.717, 1.165) is 0 Å². The van der Waals surface area contributed by atoms with Crippen LogP contribution in [0, 0.1) is 5.82 Å². The number of aliphatic hydroxyl groups is 1. The van der Waals surface area contributed by atoms with Crippen LogP contribution in [0.15, 0.2) is 12.3 Å². The van der Waals surface area contributed by atoms with Gasteiger partial charge >= 0.3 is 0 Å². The van der Waals surface area contributed by atoms with Crippen LogP contribution in [0.2, 0.25) is 0 Å². The highest BCUT2D eigenvalue weighted by Gasteiger charge is 1.99. The Morgan fingerprint density at radius 2 is 2.40 bits per heavy atom. The molecular weight excluding hydrogens is 133 g/mol. The van der Waals surface area contributed by atoms with Crippen molar-refractivity contribution >= 4 is 0 Å². The van der Waals surface area contributed by atoms with Crippen LogP contribution in [0.1, 0.15) is 12.1 Å². The Morgan fingerprint density at radius 3 is 2.90 bits per heavy atom. The lowest BCUT2D eigenvalue weighted by Gasteiger charge is -1.93. The number of hydrogen-bond donors (Lipinski definition) is 2. The second-order valence-electron chi connectivity index (χ2n) is 2.13. The van der Waals surface area contributed by atoms with E-state index >= 15 is 0 Å². The van der Waals surface area contributed by atoms with Gasteiger partial charge in [0.25, 0.3) is 0 Å². The number of aromatic nitrogens is 1. The molecule has 10 heavy (non-hydrogen) atoms. The molecule has 3 heteroatoms. The summed E-state index contributed by atoms with van der Waals surface area (Å²) in [4.78, 5) is 2.75. The first-order valence-corrected chi connectivity index (χ1v) is 3.27. The van der Waals surface area contributed by atoms with Crippen molar-refractivity contribution < 1.29 is 9.50 Å². The third kappa shape index (κ3) is 1.57. The molecule has 0 aromatic carbocycles. The van der Waals surface area contributed by atoms with Crippen LogP contribution in [0.4, 0.5) is 4.39 Å². The quantitative estimate of drug-likeness (QED) is 0.652. The van der Waals surface area contributed by atoms with Gasteiger partial charge in [-0.15, -0.1) is 0 Å². The number of nitrogens with one attached hydrogen (secondary N) is 1. The van der Waals surface area contributed by atoms with Crippen LogP contribution in [-0.4, -0.2) is 16.7 Å². The number of aromatic amines is 1. The first-order chi connectivity index (χ1) is 4.84. The maximum Gasteiger partial charge on any atom is 0.143 e. The average Bonchev–Trinajstić information content (AvgIpc) is 2.31. The fourth-order valence-corrected chi connectivity index (χ4v) is 0.832. The number of aryl methyl sites for hydroxylation is 1. The van der Waals surface area contributed by atoms with Gasteiger partial charge in [-0.1, -0.05) is 0 Å². The largest absolute Gasteiger partial charge is 0.396 e. The molecule has 0 aliphatic carbocycles. The van der Waals surface area contributed by atoms with Crippen molar-refractivity contribution in [1.29, 1.82) is 0 Å². The second-order valence-corrected chi connectivity index (χ2v) is 2.13. The molecule has 0 saturated carbocycles. The SMILES string of the molecule is OCCCc1[nH]ccc1F. The number of H-pyrrole nitrogens is 1. The smallest absolute Gasteiger partial charge is 0.143 e. The lowest BCUT2D eigenvalue weighted by molar-refractivity contribution is 0.287. The maximum atomic E-state index is 12.6. The van der Waals surface area contributed by atoms with Crippen molar-refractivity contribution in [1.82, 2.24) is 4.98 Å². The van der Waals surface area contributed by atoms with Crippen LogP contribution >= 0.6 is 0 Å². The zero-order valence-corrected chi connectivity index (χ0v) is 5.60. The van der Waals surface area contributed by atoms with E-state index in [0.29, 0.717) is 18.5 Å². The normalized spacial score (nSPS) is 10.2. The molecule has 2 N–H and O–H groups in total. The predicted molar refractivity (Wildman–Crippen MR) is 36.2 cm³/mol. The van der Waals surface area contributed by atoms with Crippen molar-refractivity contribution in [2.24, 2.45) is 0 Å². The minimum atomic E-state index is -0.214. The van der Waals surface area contributed by atoms with Gasteiger partial charge in [0.1, 0.15) is 5.82 Å². The van der Waals surface area contributed by atoms with E-state index in [1.165, 1.54) is 6.07 Å². The predicted octanol–water partition coefficient (Wildman–Crippen LogP) is 1.08. The number of aliphatic hydroxyl groups excluding tert-OH is 1. The number of halogens is 1. The van der Waals surface area contributed by atoms with Crippen molar-refractivity contribution in [3.05, 3.63) is 23.8 Å². The van der Waals surface area contributed by atoms with E-state index < -0.39 is 0 Å². The third-order valence-corrected chi connectivity index (χ3v) is 1.36. The number of hydrogen-bond acceptors (Lipinski definition) is 1. The molecule has 1 aromatic heterocycles. The highest BCUT2D eigenvalue weighted by atomic mass is 19.1. The molecule has 0 unspecified atom stereocenters. The summed E-state index contributed by atoms with van der Waals surface area (Å²) in [6.07, 6.45) is 2.74. The summed E-state index contributed by atoms with van der Waals surface area (Å²) in [5.41, 5.74) is 0.578. The van der Waals surface area contributed by atoms with E-state index in [1.807, 2.05) is 0 Å². The zero-order valence-electron chi connectivity index (χ0n) is 5.60. The minimum absolute atomic E-state index is 0.110. The highest BCUT2D eigenvalue weighted by molar-refractivity contribution is 5.07. The molecule has 1 heterocycles. The van der Waals surface area contributed by atoms with Gasteiger partial charge in [0.15, 0.2) is 0 Å². The van der Waals surface area contributed by atoms with Crippen molar-refractivity contribution in [2.45, 2.75) is 12.8 Å². The summed E-state index contributed by atoms with van der Waals surface area (Å²) in [7, 11) is 0. The summed E-state index contributed by atoms with van der Waals surface area (Å²) in [5.74, 6) is -0.214. The van der Waals surface area contributed by atoms with Gasteiger partial charge in [0, 0.05) is 12.8 Å². The van der Waals surface area contributed by atoms with Crippen LogP contribution in [0.3, 0.4) is 0 Å². The summed E-state index contributed by atoms with van der Waals surface area (Å²) in [6.45, 7) is 0.110. The van der Waals surface area contributed by atoms with Gasteiger partial charge < -0.3 is 10.1 Å². The molecule has 0 amide bonds. The topological polar surface area (TPSA) is 36.0 Å². The van der Waals surface area contributed by atoms with Crippen LogP contribution in [0.25, 0.3) is 0 Å². The maximum absolute atomic E-state index is 12.6. The van der Waals surface area contributed by atoms with Gasteiger partial charge in [0.05, 0.1) is 5.69 Å². The van der Waals surface area contributed by atoms with E-state index in [9.17, 15) is 4.39 Å². The Bertz CT molecular complexity index is 197. The molecule has 56 valence electrons. The molecule has 1 rings (SSSR count). The first-order valence-electron chi connectivity index (χ1n) is 3.27. The Hall–Kier alpha value is -0.830. The van der Waals surface area contributed by atoms with Crippen LogP contribution in [-0.2, 0) is 6.42 Å². The summed E-state index contributed by atoms with van der Waals surface area (Å²) in [6, 6.07) is 1.38. The molecule has 2 nitrogen and oxygen atoms in total. The van der Waals surface area contributed by atoms with Gasteiger partial charge in [0.2, 0.25) is 0 Å². The van der Waals surface area contributed by atoms with Crippen molar-refractivity contribution in [2.75, 3.05) is 6.61 Å². The van der Waals surface area contributed by atoms with Gasteiger partial charge in [-0.25, -0.2) is 4.39 Å². The van der Waals surface area contributed by atoms with Crippen molar-refractivity contribution in [3.8, 4) is 0 Å². The average molecular weight is 143 g/mol. The first kappa shape index (κ1) is 7.28. The van der Waals surface area contributed by atoms with E-state index in [2.05, 4.69) is 4.98 Å². The lowest BCUT2D eigenvalue weighted by Crippen LogP contribution is -1.91. The molecular formula is C7H10FNO. The fourth-order valence-electron chi connectivity index (χ4n) is 0.832. The van der Waals surface area contributed by atoms with E-state index in [-0.39, 0.29) is 12.4 Å². The molecule has 0 saturated heterocycles. The summed E-state index contributed by atoms with van der Waals surface area (Å²) < 4.78 is 12.6. The Balaban J connectivity index is 2.49. The van der Waals surface area contributed by atoms with Crippen molar-refractivity contribution in [3.63, 3.8) is 0 Å². The summed E-state index contributed by atoms with van der Waals surface area (Å²) in [5, 5.41) is 8.42. The Morgan fingerprint density at radius 1 is 1.60 bits per heavy atom. The third-order valence-electron chi connectivity index (χ3n) is 1.36. The van der Waals surface area contributed by atoms with Gasteiger partial charge in [-0.05, 0) is 18.9 Å². The van der Waals surface area contributed by atoms with E-state index in [4.69, 9.17) is 5.11 Å². The Kier molecular flexibility index (Phi) is 2.45. The second kappa shape index (κ2) is 3.37. The zero-order chi connectivity index (χ0) is 7.40. The van der Waals surface area contributed by atoms with Gasteiger partial charge in [-0.2, -0.15) is 0 Å². The highest BCUT2D eigenvalue weighted by Crippen LogP contribution is 2.05. The standard InChI is InChI=1S/C7H10FNO/c8-6-3-4-9-7(6)2-1-5-10/h3-4,9-10H,1-2,5H2. The molecule has 0 aliphatic rings. The molecule has 0 radical (unpaired) electrons. The molecule has 0 atom stereocenters. The van der Waals surface area contributed by atoms with Crippen LogP contribution < -0.4 is 0 Å².